The quantitative estimate of drug-likeness (QED) is 0.686. The summed E-state index contributed by atoms with van der Waals surface area (Å²) < 4.78 is 0. The number of H-pyrrole nitrogens is 1. The van der Waals surface area contributed by atoms with Crippen LogP contribution in [0.25, 0.3) is 10.9 Å². The highest BCUT2D eigenvalue weighted by molar-refractivity contribution is 5.98. The van der Waals surface area contributed by atoms with Gasteiger partial charge in [-0.3, -0.25) is 9.59 Å². The monoisotopic (exact) mass is 438 g/mol. The van der Waals surface area contributed by atoms with Gasteiger partial charge in [0.25, 0.3) is 5.91 Å². The second-order valence-electron chi connectivity index (χ2n) is 9.75. The fraction of sp³-hybridized carbons (Fsp3) is 0.615. The Balaban J connectivity index is 1.20. The first-order chi connectivity index (χ1) is 15.5. The highest BCUT2D eigenvalue weighted by Gasteiger charge is 2.30. The molecule has 1 aromatic carbocycles. The van der Waals surface area contributed by atoms with E-state index in [9.17, 15) is 9.59 Å². The maximum absolute atomic E-state index is 12.9. The van der Waals surface area contributed by atoms with Crippen molar-refractivity contribution in [1.82, 2.24) is 20.1 Å². The Hall–Kier alpha value is -2.34. The third-order valence-corrected chi connectivity index (χ3v) is 7.67. The van der Waals surface area contributed by atoms with E-state index in [0.29, 0.717) is 37.3 Å². The molecule has 1 atom stereocenters. The van der Waals surface area contributed by atoms with Crippen LogP contribution in [0.5, 0.6) is 0 Å². The lowest BCUT2D eigenvalue weighted by Gasteiger charge is -2.34. The molecule has 0 spiro atoms. The molecule has 2 amide bonds. The predicted molar refractivity (Wildman–Crippen MR) is 129 cm³/mol. The van der Waals surface area contributed by atoms with E-state index in [1.807, 2.05) is 42.2 Å². The van der Waals surface area contributed by atoms with Gasteiger partial charge >= 0.3 is 0 Å². The number of carbonyl (C=O) groups is 2. The van der Waals surface area contributed by atoms with Gasteiger partial charge in [-0.25, -0.2) is 0 Å². The van der Waals surface area contributed by atoms with Crippen LogP contribution < -0.4 is 5.32 Å². The van der Waals surface area contributed by atoms with Crippen LogP contribution in [0.2, 0.25) is 0 Å². The predicted octanol–water partition coefficient (Wildman–Crippen LogP) is 4.04. The maximum Gasteiger partial charge on any atom is 0.270 e. The summed E-state index contributed by atoms with van der Waals surface area (Å²) in [5.41, 5.74) is 1.64. The van der Waals surface area contributed by atoms with Crippen molar-refractivity contribution >= 4 is 22.7 Å². The maximum atomic E-state index is 12.9. The van der Waals surface area contributed by atoms with Crippen LogP contribution in [-0.2, 0) is 4.79 Å². The number of aromatic amines is 1. The number of nitrogens with zero attached hydrogens (tertiary/aromatic N) is 2. The van der Waals surface area contributed by atoms with E-state index < -0.39 is 0 Å². The molecule has 2 aliphatic rings. The largest absolute Gasteiger partial charge is 0.355 e. The molecule has 1 aromatic heterocycles. The topological polar surface area (TPSA) is 68.4 Å². The van der Waals surface area contributed by atoms with E-state index in [-0.39, 0.29) is 17.7 Å². The summed E-state index contributed by atoms with van der Waals surface area (Å²) in [6.45, 7) is 5.09. The first kappa shape index (κ1) is 22.8. The molecular formula is C26H38N4O2. The number of para-hydroxylation sites is 1. The third-order valence-electron chi connectivity index (χ3n) is 7.67. The molecule has 174 valence electrons. The molecule has 6 heteroatoms. The molecular weight excluding hydrogens is 400 g/mol. The van der Waals surface area contributed by atoms with Gasteiger partial charge in [-0.15, -0.1) is 0 Å². The Labute approximate surface area is 191 Å². The van der Waals surface area contributed by atoms with Crippen molar-refractivity contribution in [2.45, 2.75) is 57.9 Å². The summed E-state index contributed by atoms with van der Waals surface area (Å²) in [7, 11) is 2.19. The lowest BCUT2D eigenvalue weighted by atomic mass is 9.84. The van der Waals surface area contributed by atoms with E-state index in [1.54, 1.807) is 0 Å². The summed E-state index contributed by atoms with van der Waals surface area (Å²) in [6.07, 6.45) is 8.36. The van der Waals surface area contributed by atoms with Gasteiger partial charge < -0.3 is 20.1 Å². The molecule has 1 saturated heterocycles. The molecule has 1 aliphatic heterocycles. The van der Waals surface area contributed by atoms with E-state index in [2.05, 4.69) is 22.2 Å². The van der Waals surface area contributed by atoms with Gasteiger partial charge in [-0.05, 0) is 50.8 Å². The lowest BCUT2D eigenvalue weighted by molar-refractivity contribution is -0.126. The van der Waals surface area contributed by atoms with Gasteiger partial charge in [-0.2, -0.15) is 0 Å². The fourth-order valence-electron chi connectivity index (χ4n) is 5.40. The number of nitrogens with one attached hydrogen (secondary N) is 2. The van der Waals surface area contributed by atoms with Crippen LogP contribution in [0, 0.1) is 11.8 Å². The normalized spacial score (nSPS) is 19.4. The summed E-state index contributed by atoms with van der Waals surface area (Å²) in [5, 5.41) is 4.22. The van der Waals surface area contributed by atoms with Crippen LogP contribution in [0.15, 0.2) is 30.3 Å². The molecule has 2 fully saturated rings. The Bertz CT molecular complexity index is 876. The minimum absolute atomic E-state index is 0.0136. The molecule has 0 unspecified atom stereocenters. The van der Waals surface area contributed by atoms with Crippen LogP contribution in [0.3, 0.4) is 0 Å². The number of amides is 2. The first-order valence-corrected chi connectivity index (χ1v) is 12.4. The zero-order chi connectivity index (χ0) is 22.5. The third kappa shape index (κ3) is 5.34. The average molecular weight is 439 g/mol. The Morgan fingerprint density at radius 2 is 1.84 bits per heavy atom. The highest BCUT2D eigenvalue weighted by atomic mass is 16.2. The van der Waals surface area contributed by atoms with Crippen LogP contribution in [-0.4, -0.2) is 65.9 Å². The molecule has 0 bridgehead atoms. The van der Waals surface area contributed by atoms with Gasteiger partial charge in [0.15, 0.2) is 0 Å². The van der Waals surface area contributed by atoms with Crippen molar-refractivity contribution in [2.24, 2.45) is 11.8 Å². The smallest absolute Gasteiger partial charge is 0.270 e. The van der Waals surface area contributed by atoms with Gasteiger partial charge in [0.1, 0.15) is 5.69 Å². The summed E-state index contributed by atoms with van der Waals surface area (Å²) in [4.78, 5) is 33.2. The van der Waals surface area contributed by atoms with Crippen molar-refractivity contribution in [2.75, 3.05) is 33.2 Å². The molecule has 6 nitrogen and oxygen atoms in total. The highest BCUT2D eigenvalue weighted by Crippen LogP contribution is 2.27. The van der Waals surface area contributed by atoms with Crippen LogP contribution >= 0.6 is 0 Å². The molecule has 2 heterocycles. The summed E-state index contributed by atoms with van der Waals surface area (Å²) in [5.74, 6) is 0.531. The number of carbonyl (C=O) groups excluding carboxylic acids is 2. The Kier molecular flexibility index (Phi) is 7.51. The minimum atomic E-state index is -0.0136. The summed E-state index contributed by atoms with van der Waals surface area (Å²) >= 11 is 0. The molecule has 1 aliphatic carbocycles. The minimum Gasteiger partial charge on any atom is -0.355 e. The molecule has 2 aromatic rings. The van der Waals surface area contributed by atoms with Crippen molar-refractivity contribution in [3.63, 3.8) is 0 Å². The van der Waals surface area contributed by atoms with Crippen molar-refractivity contribution in [1.29, 1.82) is 0 Å². The SMILES string of the molecule is C[C@H](C(=O)NCCN(C)C1CCCCC1)C1CCN(C(=O)c2cc3ccccc3[nH]2)CC1. The van der Waals surface area contributed by atoms with Crippen molar-refractivity contribution < 1.29 is 9.59 Å². The Morgan fingerprint density at radius 3 is 2.56 bits per heavy atom. The lowest BCUT2D eigenvalue weighted by Crippen LogP contribution is -2.44. The van der Waals surface area contributed by atoms with Gasteiger partial charge in [0.2, 0.25) is 5.91 Å². The number of fused-ring (bicyclic) bond motifs is 1. The van der Waals surface area contributed by atoms with Gasteiger partial charge in [0, 0.05) is 49.0 Å². The van der Waals surface area contributed by atoms with E-state index >= 15 is 0 Å². The van der Waals surface area contributed by atoms with Gasteiger partial charge in [-0.1, -0.05) is 44.4 Å². The number of piperidine rings is 1. The molecule has 4 rings (SSSR count). The number of aromatic nitrogens is 1. The van der Waals surface area contributed by atoms with E-state index in [4.69, 9.17) is 0 Å². The summed E-state index contributed by atoms with van der Waals surface area (Å²) in [6, 6.07) is 10.6. The number of rotatable bonds is 7. The second kappa shape index (κ2) is 10.5. The standard InChI is InChI=1S/C26H38N4O2/c1-19(25(31)27-14-17-29(2)22-9-4-3-5-10-22)20-12-15-30(16-13-20)26(32)24-18-21-8-6-7-11-23(21)28-24/h6-8,11,18-20,22,28H,3-5,9-10,12-17H2,1-2H3,(H,27,31)/t19-/m0/s1. The number of likely N-dealkylation sites (tertiary alicyclic amines) is 1. The number of likely N-dealkylation sites (N-methyl/N-ethyl adjacent to an activating group) is 1. The van der Waals surface area contributed by atoms with E-state index in [1.165, 1.54) is 32.1 Å². The van der Waals surface area contributed by atoms with Crippen LogP contribution in [0.1, 0.15) is 62.4 Å². The van der Waals surface area contributed by atoms with Gasteiger partial charge in [0.05, 0.1) is 0 Å². The zero-order valence-corrected chi connectivity index (χ0v) is 19.6. The molecule has 1 saturated carbocycles. The average Bonchev–Trinajstić information content (AvgIpc) is 3.28. The fourth-order valence-corrected chi connectivity index (χ4v) is 5.40. The number of hydrogen-bond acceptors (Lipinski definition) is 3. The van der Waals surface area contributed by atoms with Crippen molar-refractivity contribution in [3.8, 4) is 0 Å². The molecule has 0 radical (unpaired) electrons. The molecule has 32 heavy (non-hydrogen) atoms. The van der Waals surface area contributed by atoms with E-state index in [0.717, 1.165) is 30.3 Å². The Morgan fingerprint density at radius 1 is 1.12 bits per heavy atom. The second-order valence-corrected chi connectivity index (χ2v) is 9.75. The van der Waals surface area contributed by atoms with Crippen molar-refractivity contribution in [3.05, 3.63) is 36.0 Å². The number of hydrogen-bond donors (Lipinski definition) is 2. The molecule has 2 N–H and O–H groups in total. The van der Waals surface area contributed by atoms with Crippen LogP contribution in [0.4, 0.5) is 0 Å². The first-order valence-electron chi connectivity index (χ1n) is 12.4. The number of benzene rings is 1. The zero-order valence-electron chi connectivity index (χ0n) is 19.6.